The largest absolute Gasteiger partial charge is 0.315 e. The molecule has 0 atom stereocenters. The van der Waals surface area contributed by atoms with Gasteiger partial charge in [-0.25, -0.2) is 4.39 Å². The van der Waals surface area contributed by atoms with Gasteiger partial charge in [0.2, 0.25) is 0 Å². The molecule has 0 radical (unpaired) electrons. The van der Waals surface area contributed by atoms with Crippen LogP contribution in [0.25, 0.3) is 0 Å². The maximum absolute atomic E-state index is 14.1. The summed E-state index contributed by atoms with van der Waals surface area (Å²) >= 11 is 12.0. The Morgan fingerprint density at radius 3 is 2.40 bits per heavy atom. The smallest absolute Gasteiger partial charge is 0.127 e. The molecule has 0 unspecified atom stereocenters. The quantitative estimate of drug-likeness (QED) is 0.895. The molecule has 1 fully saturated rings. The molecule has 0 aromatic heterocycles. The molecule has 1 heterocycles. The molecule has 0 spiro atoms. The zero-order chi connectivity index (χ0) is 14.2. The fraction of sp³-hybridized carbons (Fsp3) is 0.250. The Labute approximate surface area is 127 Å². The minimum atomic E-state index is -0.192. The van der Waals surface area contributed by atoms with Crippen LogP contribution in [0, 0.1) is 5.82 Å². The van der Waals surface area contributed by atoms with E-state index in [1.165, 1.54) is 6.07 Å². The Hall–Kier alpha value is -1.09. The molecule has 0 amide bonds. The van der Waals surface area contributed by atoms with Crippen LogP contribution in [0.5, 0.6) is 0 Å². The van der Waals surface area contributed by atoms with E-state index in [1.54, 1.807) is 12.1 Å². The third kappa shape index (κ3) is 2.44. The lowest BCUT2D eigenvalue weighted by atomic mass is 9.71. The Morgan fingerprint density at radius 2 is 1.80 bits per heavy atom. The molecule has 20 heavy (non-hydrogen) atoms. The van der Waals surface area contributed by atoms with Crippen LogP contribution in [0.4, 0.5) is 4.39 Å². The lowest BCUT2D eigenvalue weighted by molar-refractivity contribution is 0.266. The van der Waals surface area contributed by atoms with Crippen LogP contribution >= 0.6 is 23.2 Å². The van der Waals surface area contributed by atoms with Crippen LogP contribution in [0.15, 0.2) is 42.5 Å². The fourth-order valence-corrected chi connectivity index (χ4v) is 3.09. The molecule has 0 bridgehead atoms. The van der Waals surface area contributed by atoms with Crippen molar-refractivity contribution in [1.29, 1.82) is 0 Å². The summed E-state index contributed by atoms with van der Waals surface area (Å²) < 4.78 is 14.1. The predicted octanol–water partition coefficient (Wildman–Crippen LogP) is 4.22. The van der Waals surface area contributed by atoms with E-state index in [-0.39, 0.29) is 11.2 Å². The van der Waals surface area contributed by atoms with E-state index in [0.29, 0.717) is 10.0 Å². The monoisotopic (exact) mass is 309 g/mol. The topological polar surface area (TPSA) is 12.0 Å². The maximum Gasteiger partial charge on any atom is 0.127 e. The summed E-state index contributed by atoms with van der Waals surface area (Å²) in [5.74, 6) is -0.144. The van der Waals surface area contributed by atoms with Crippen molar-refractivity contribution in [3.8, 4) is 0 Å². The molecule has 1 N–H and O–H groups in total. The molecule has 1 aliphatic heterocycles. The zero-order valence-electron chi connectivity index (χ0n) is 10.8. The van der Waals surface area contributed by atoms with Gasteiger partial charge in [0.25, 0.3) is 0 Å². The number of benzene rings is 2. The zero-order valence-corrected chi connectivity index (χ0v) is 12.3. The average Bonchev–Trinajstić information content (AvgIpc) is 2.39. The molecule has 2 aromatic carbocycles. The Balaban J connectivity index is 1.94. The highest BCUT2D eigenvalue weighted by Gasteiger charge is 2.40. The SMILES string of the molecule is Fc1ccccc1C1(Cc2ccc(Cl)c(Cl)c2)CNC1. The summed E-state index contributed by atoms with van der Waals surface area (Å²) in [6.07, 6.45) is 0.748. The van der Waals surface area contributed by atoms with E-state index in [0.717, 1.165) is 30.6 Å². The molecule has 3 rings (SSSR count). The maximum atomic E-state index is 14.1. The molecule has 0 aliphatic carbocycles. The molecular weight excluding hydrogens is 296 g/mol. The lowest BCUT2D eigenvalue weighted by Gasteiger charge is -2.43. The van der Waals surface area contributed by atoms with Gasteiger partial charge in [-0.3, -0.25) is 0 Å². The Bertz CT molecular complexity index is 638. The van der Waals surface area contributed by atoms with Gasteiger partial charge in [0.15, 0.2) is 0 Å². The second-order valence-electron chi connectivity index (χ2n) is 5.29. The summed E-state index contributed by atoms with van der Waals surface area (Å²) in [6, 6.07) is 12.6. The molecule has 0 saturated carbocycles. The first-order chi connectivity index (χ1) is 9.61. The van der Waals surface area contributed by atoms with Crippen molar-refractivity contribution in [1.82, 2.24) is 5.32 Å². The van der Waals surface area contributed by atoms with Crippen molar-refractivity contribution in [2.24, 2.45) is 0 Å². The van der Waals surface area contributed by atoms with Crippen molar-refractivity contribution >= 4 is 23.2 Å². The third-order valence-electron chi connectivity index (χ3n) is 3.90. The molecule has 1 saturated heterocycles. The summed E-state index contributed by atoms with van der Waals surface area (Å²) in [6.45, 7) is 1.54. The van der Waals surface area contributed by atoms with Crippen molar-refractivity contribution < 1.29 is 4.39 Å². The van der Waals surface area contributed by atoms with E-state index < -0.39 is 0 Å². The van der Waals surface area contributed by atoms with Gasteiger partial charge in [0.05, 0.1) is 10.0 Å². The van der Waals surface area contributed by atoms with E-state index in [9.17, 15) is 4.39 Å². The van der Waals surface area contributed by atoms with Gasteiger partial charge in [-0.05, 0) is 35.7 Å². The second-order valence-corrected chi connectivity index (χ2v) is 6.10. The van der Waals surface area contributed by atoms with Gasteiger partial charge >= 0.3 is 0 Å². The molecule has 4 heteroatoms. The number of halogens is 3. The first kappa shape index (κ1) is 13.9. The fourth-order valence-electron chi connectivity index (χ4n) is 2.77. The molecule has 2 aromatic rings. The first-order valence-electron chi connectivity index (χ1n) is 6.50. The molecule has 1 nitrogen and oxygen atoms in total. The van der Waals surface area contributed by atoms with E-state index in [4.69, 9.17) is 23.2 Å². The van der Waals surface area contributed by atoms with E-state index >= 15 is 0 Å². The van der Waals surface area contributed by atoms with Gasteiger partial charge in [-0.15, -0.1) is 0 Å². The first-order valence-corrected chi connectivity index (χ1v) is 7.26. The second kappa shape index (κ2) is 5.36. The summed E-state index contributed by atoms with van der Waals surface area (Å²) in [4.78, 5) is 0. The standard InChI is InChI=1S/C16H14Cl2FN/c17-13-6-5-11(7-14(13)18)8-16(9-20-10-16)12-3-1-2-4-15(12)19/h1-7,20H,8-10H2. The Kier molecular flexibility index (Phi) is 3.72. The average molecular weight is 310 g/mol. The van der Waals surface area contributed by atoms with Gasteiger partial charge in [0.1, 0.15) is 5.82 Å². The van der Waals surface area contributed by atoms with Crippen molar-refractivity contribution in [3.63, 3.8) is 0 Å². The molecule has 104 valence electrons. The van der Waals surface area contributed by atoms with Crippen molar-refractivity contribution in [2.45, 2.75) is 11.8 Å². The van der Waals surface area contributed by atoms with Gasteiger partial charge in [-0.1, -0.05) is 47.5 Å². The van der Waals surface area contributed by atoms with Gasteiger partial charge in [-0.2, -0.15) is 0 Å². The minimum Gasteiger partial charge on any atom is -0.315 e. The summed E-state index contributed by atoms with van der Waals surface area (Å²) in [7, 11) is 0. The highest BCUT2D eigenvalue weighted by atomic mass is 35.5. The van der Waals surface area contributed by atoms with Crippen LogP contribution in [0.3, 0.4) is 0 Å². The number of rotatable bonds is 3. The van der Waals surface area contributed by atoms with Crippen molar-refractivity contribution in [3.05, 3.63) is 69.5 Å². The minimum absolute atomic E-state index is 0.144. The van der Waals surface area contributed by atoms with E-state index in [2.05, 4.69) is 5.32 Å². The number of hydrogen-bond donors (Lipinski definition) is 1. The van der Waals surface area contributed by atoms with E-state index in [1.807, 2.05) is 24.3 Å². The summed E-state index contributed by atoms with van der Waals surface area (Å²) in [5.41, 5.74) is 1.65. The number of hydrogen-bond acceptors (Lipinski definition) is 1. The Morgan fingerprint density at radius 1 is 1.05 bits per heavy atom. The van der Waals surface area contributed by atoms with Crippen LogP contribution in [-0.2, 0) is 11.8 Å². The molecule has 1 aliphatic rings. The predicted molar refractivity (Wildman–Crippen MR) is 81.1 cm³/mol. The van der Waals surface area contributed by atoms with Crippen LogP contribution in [-0.4, -0.2) is 13.1 Å². The van der Waals surface area contributed by atoms with Gasteiger partial charge in [0, 0.05) is 18.5 Å². The van der Waals surface area contributed by atoms with Crippen LogP contribution < -0.4 is 5.32 Å². The highest BCUT2D eigenvalue weighted by molar-refractivity contribution is 6.42. The van der Waals surface area contributed by atoms with Crippen molar-refractivity contribution in [2.75, 3.05) is 13.1 Å². The van der Waals surface area contributed by atoms with Crippen LogP contribution in [0.1, 0.15) is 11.1 Å². The lowest BCUT2D eigenvalue weighted by Crippen LogP contribution is -2.58. The van der Waals surface area contributed by atoms with Gasteiger partial charge < -0.3 is 5.32 Å². The summed E-state index contributed by atoms with van der Waals surface area (Å²) in [5, 5.41) is 4.33. The third-order valence-corrected chi connectivity index (χ3v) is 4.64. The van der Waals surface area contributed by atoms with Crippen LogP contribution in [0.2, 0.25) is 10.0 Å². The molecular formula is C16H14Cl2FN. The number of nitrogens with one attached hydrogen (secondary N) is 1. The normalized spacial score (nSPS) is 16.8. The highest BCUT2D eigenvalue weighted by Crippen LogP contribution is 2.35.